The third-order valence-electron chi connectivity index (χ3n) is 8.41. The second-order valence-corrected chi connectivity index (χ2v) is 16.0. The van der Waals surface area contributed by atoms with Gasteiger partial charge in [0.05, 0.1) is 34.4 Å². The summed E-state index contributed by atoms with van der Waals surface area (Å²) in [5.41, 5.74) is 0. The fourth-order valence-corrected chi connectivity index (χ4v) is 5.94. The molecule has 0 heterocycles. The molecule has 0 aromatic rings. The van der Waals surface area contributed by atoms with Crippen LogP contribution in [0, 0.1) is 0 Å². The second kappa shape index (κ2) is 34.8. The van der Waals surface area contributed by atoms with Crippen molar-refractivity contribution >= 4 is 13.8 Å². The highest BCUT2D eigenvalue weighted by atomic mass is 31.2. The molecule has 0 aliphatic heterocycles. The Morgan fingerprint density at radius 1 is 0.620 bits per heavy atom. The van der Waals surface area contributed by atoms with Crippen LogP contribution in [0.4, 0.5) is 0 Å². The van der Waals surface area contributed by atoms with Gasteiger partial charge in [-0.1, -0.05) is 121 Å². The molecule has 0 saturated carbocycles. The Bertz CT molecular complexity index is 900. The first-order valence-electron chi connectivity index (χ1n) is 20.2. The topological polar surface area (TPSA) is 94.1 Å². The molecule has 0 aliphatic rings. The summed E-state index contributed by atoms with van der Waals surface area (Å²) in [6.45, 7) is 5.32. The number of carbonyl (C=O) groups excluding carboxylic acids is 1. The zero-order chi connectivity index (χ0) is 37.0. The quantitative estimate of drug-likeness (QED) is 0.0207. The van der Waals surface area contributed by atoms with E-state index in [1.807, 2.05) is 21.1 Å². The van der Waals surface area contributed by atoms with E-state index in [1.165, 1.54) is 83.5 Å². The van der Waals surface area contributed by atoms with E-state index in [9.17, 15) is 14.3 Å². The van der Waals surface area contributed by atoms with Gasteiger partial charge in [-0.2, -0.15) is 0 Å². The van der Waals surface area contributed by atoms with E-state index in [4.69, 9.17) is 18.5 Å². The van der Waals surface area contributed by atoms with Gasteiger partial charge in [0.2, 0.25) is 0 Å². The number of rotatable bonds is 37. The Balaban J connectivity index is 4.32. The van der Waals surface area contributed by atoms with E-state index < -0.39 is 13.9 Å². The second-order valence-electron chi connectivity index (χ2n) is 14.6. The summed E-state index contributed by atoms with van der Waals surface area (Å²) >= 11 is 0. The number of carbonyl (C=O) groups is 1. The first kappa shape index (κ1) is 48.7. The number of likely N-dealkylation sites (N-methyl/N-ethyl adjacent to an activating group) is 1. The predicted molar refractivity (Wildman–Crippen MR) is 208 cm³/mol. The molecule has 2 unspecified atom stereocenters. The lowest BCUT2D eigenvalue weighted by molar-refractivity contribution is -0.870. The van der Waals surface area contributed by atoms with Crippen LogP contribution in [0.1, 0.15) is 162 Å². The summed E-state index contributed by atoms with van der Waals surface area (Å²) in [5, 5.41) is 0. The Morgan fingerprint density at radius 2 is 1.10 bits per heavy atom. The van der Waals surface area contributed by atoms with E-state index in [-0.39, 0.29) is 25.8 Å². The molecule has 0 amide bonds. The number of phosphoric acid groups is 1. The van der Waals surface area contributed by atoms with E-state index in [2.05, 4.69) is 50.3 Å². The number of allylic oxidation sites excluding steroid dienone is 6. The zero-order valence-electron chi connectivity index (χ0n) is 33.1. The molecule has 0 aromatic heterocycles. The van der Waals surface area contributed by atoms with Crippen molar-refractivity contribution in [1.29, 1.82) is 0 Å². The van der Waals surface area contributed by atoms with E-state index in [1.54, 1.807) is 0 Å². The molecule has 0 aromatic carbocycles. The fourth-order valence-electron chi connectivity index (χ4n) is 5.22. The summed E-state index contributed by atoms with van der Waals surface area (Å²) in [6, 6.07) is 0. The highest BCUT2D eigenvalue weighted by Crippen LogP contribution is 2.38. The van der Waals surface area contributed by atoms with Crippen LogP contribution < -0.4 is 4.89 Å². The first-order valence-corrected chi connectivity index (χ1v) is 21.7. The van der Waals surface area contributed by atoms with Gasteiger partial charge in [0, 0.05) is 13.0 Å². The van der Waals surface area contributed by atoms with Crippen molar-refractivity contribution in [3.63, 3.8) is 0 Å². The first-order chi connectivity index (χ1) is 24.1. The van der Waals surface area contributed by atoms with Crippen LogP contribution in [0.25, 0.3) is 0 Å². The number of quaternary nitrogens is 1. The van der Waals surface area contributed by atoms with Gasteiger partial charge in [-0.15, -0.1) is 0 Å². The number of phosphoric ester groups is 1. The molecule has 0 rings (SSSR count). The standard InChI is InChI=1S/C41H78NO7P/c1-6-8-10-12-14-16-18-20-21-22-24-26-28-30-32-34-41(43)49-40(39-48-50(44,45)47-37-35-42(3,4)5)38-46-36-33-31-29-27-25-23-19-17-15-13-11-9-7-2/h14-17,20-21,40H,6-13,18-19,22-39H2,1-5H3/b16-14-,17-15-,21-20-. The van der Waals surface area contributed by atoms with Crippen molar-refractivity contribution in [2.24, 2.45) is 0 Å². The van der Waals surface area contributed by atoms with Crippen LogP contribution in [-0.2, 0) is 27.9 Å². The average Bonchev–Trinajstić information content (AvgIpc) is 3.06. The Hall–Kier alpha value is -1.28. The molecule has 0 radical (unpaired) electrons. The summed E-state index contributed by atoms with van der Waals surface area (Å²) in [5.74, 6) is -0.352. The van der Waals surface area contributed by atoms with Gasteiger partial charge in [0.15, 0.2) is 0 Å². The Kier molecular flexibility index (Phi) is 33.9. The largest absolute Gasteiger partial charge is 0.756 e. The van der Waals surface area contributed by atoms with Crippen molar-refractivity contribution in [1.82, 2.24) is 0 Å². The van der Waals surface area contributed by atoms with Crippen molar-refractivity contribution in [2.45, 2.75) is 168 Å². The van der Waals surface area contributed by atoms with Crippen LogP contribution in [0.2, 0.25) is 0 Å². The lowest BCUT2D eigenvalue weighted by atomic mass is 10.1. The number of nitrogens with zero attached hydrogens (tertiary/aromatic N) is 1. The number of unbranched alkanes of at least 4 members (excludes halogenated alkanes) is 17. The van der Waals surface area contributed by atoms with Crippen molar-refractivity contribution in [3.8, 4) is 0 Å². The minimum atomic E-state index is -4.52. The van der Waals surface area contributed by atoms with Crippen molar-refractivity contribution in [2.75, 3.05) is 54.1 Å². The van der Waals surface area contributed by atoms with Gasteiger partial charge in [-0.05, 0) is 70.6 Å². The minimum Gasteiger partial charge on any atom is -0.756 e. The summed E-state index contributed by atoms with van der Waals surface area (Å²) in [6.07, 6.45) is 38.6. The molecule has 0 bridgehead atoms. The molecular formula is C41H78NO7P. The molecule has 0 spiro atoms. The van der Waals surface area contributed by atoms with Gasteiger partial charge in [-0.25, -0.2) is 0 Å². The average molecular weight is 728 g/mol. The number of esters is 1. The molecule has 0 aliphatic carbocycles. The molecular weight excluding hydrogens is 649 g/mol. The van der Waals surface area contributed by atoms with Crippen molar-refractivity contribution in [3.05, 3.63) is 36.5 Å². The number of hydrogen-bond acceptors (Lipinski definition) is 7. The van der Waals surface area contributed by atoms with Gasteiger partial charge < -0.3 is 27.9 Å². The van der Waals surface area contributed by atoms with Crippen LogP contribution in [0.15, 0.2) is 36.5 Å². The molecule has 9 heteroatoms. The Morgan fingerprint density at radius 3 is 1.64 bits per heavy atom. The van der Waals surface area contributed by atoms with Crippen LogP contribution in [0.3, 0.4) is 0 Å². The third kappa shape index (κ3) is 38.0. The smallest absolute Gasteiger partial charge is 0.306 e. The lowest BCUT2D eigenvalue weighted by Crippen LogP contribution is -2.37. The molecule has 8 nitrogen and oxygen atoms in total. The van der Waals surface area contributed by atoms with Crippen LogP contribution in [-0.4, -0.2) is 70.7 Å². The molecule has 2 atom stereocenters. The normalized spacial score (nSPS) is 14.3. The summed E-state index contributed by atoms with van der Waals surface area (Å²) < 4.78 is 34.5. The third-order valence-corrected chi connectivity index (χ3v) is 9.38. The number of ether oxygens (including phenoxy) is 2. The molecule has 50 heavy (non-hydrogen) atoms. The molecule has 0 saturated heterocycles. The van der Waals surface area contributed by atoms with Crippen molar-refractivity contribution < 1.29 is 37.3 Å². The zero-order valence-corrected chi connectivity index (χ0v) is 34.0. The fraction of sp³-hybridized carbons (Fsp3) is 0.829. The number of hydrogen-bond donors (Lipinski definition) is 0. The maximum absolute atomic E-state index is 12.6. The maximum atomic E-state index is 12.6. The van der Waals surface area contributed by atoms with E-state index in [0.717, 1.165) is 57.8 Å². The van der Waals surface area contributed by atoms with E-state index in [0.29, 0.717) is 24.1 Å². The maximum Gasteiger partial charge on any atom is 0.306 e. The molecule has 294 valence electrons. The SMILES string of the molecule is CCCCC/C=C\C/C=C\CCCCCCCC(=O)OC(COCCCCCCCC/C=C\CCCCC)COP(=O)([O-])OCC[N+](C)(C)C. The van der Waals surface area contributed by atoms with Crippen LogP contribution in [0.5, 0.6) is 0 Å². The lowest BCUT2D eigenvalue weighted by Gasteiger charge is -2.28. The summed E-state index contributed by atoms with van der Waals surface area (Å²) in [4.78, 5) is 25.0. The monoisotopic (exact) mass is 728 g/mol. The predicted octanol–water partition coefficient (Wildman–Crippen LogP) is 10.8. The van der Waals surface area contributed by atoms with Gasteiger partial charge in [0.25, 0.3) is 7.82 Å². The van der Waals surface area contributed by atoms with Gasteiger partial charge in [-0.3, -0.25) is 9.36 Å². The minimum absolute atomic E-state index is 0.0216. The van der Waals surface area contributed by atoms with Crippen LogP contribution >= 0.6 is 7.82 Å². The molecule has 0 fully saturated rings. The summed E-state index contributed by atoms with van der Waals surface area (Å²) in [7, 11) is 1.34. The molecule has 0 N–H and O–H groups in total. The highest BCUT2D eigenvalue weighted by Gasteiger charge is 2.20. The Labute approximate surface area is 308 Å². The van der Waals surface area contributed by atoms with Gasteiger partial charge >= 0.3 is 5.97 Å². The van der Waals surface area contributed by atoms with E-state index >= 15 is 0 Å². The van der Waals surface area contributed by atoms with Gasteiger partial charge in [0.1, 0.15) is 19.3 Å². The highest BCUT2D eigenvalue weighted by molar-refractivity contribution is 7.45.